The zero-order valence-electron chi connectivity index (χ0n) is 11.3. The van der Waals surface area contributed by atoms with Gasteiger partial charge in [0, 0.05) is 10.8 Å². The SMILES string of the molecule is COc1ccc(O)c2ccc(Cc3ccccc3)cc12. The Bertz CT molecular complexity index is 733. The molecule has 0 amide bonds. The molecule has 2 heteroatoms. The summed E-state index contributed by atoms with van der Waals surface area (Å²) in [5, 5.41) is 11.7. The van der Waals surface area contributed by atoms with Gasteiger partial charge in [-0.05, 0) is 35.7 Å². The molecule has 0 atom stereocenters. The molecule has 0 aliphatic rings. The summed E-state index contributed by atoms with van der Waals surface area (Å²) in [4.78, 5) is 0. The van der Waals surface area contributed by atoms with Gasteiger partial charge in [-0.15, -0.1) is 0 Å². The lowest BCUT2D eigenvalue weighted by atomic mass is 10.0. The zero-order valence-corrected chi connectivity index (χ0v) is 11.3. The monoisotopic (exact) mass is 264 g/mol. The second-order valence-corrected chi connectivity index (χ2v) is 4.83. The molecule has 0 aliphatic heterocycles. The van der Waals surface area contributed by atoms with E-state index in [1.807, 2.05) is 24.3 Å². The van der Waals surface area contributed by atoms with Crippen LogP contribution in [0.4, 0.5) is 0 Å². The van der Waals surface area contributed by atoms with Crippen LogP contribution in [-0.4, -0.2) is 12.2 Å². The highest BCUT2D eigenvalue weighted by molar-refractivity contribution is 5.93. The minimum Gasteiger partial charge on any atom is -0.507 e. The van der Waals surface area contributed by atoms with Gasteiger partial charge in [-0.25, -0.2) is 0 Å². The molecule has 0 aromatic heterocycles. The van der Waals surface area contributed by atoms with Crippen LogP contribution >= 0.6 is 0 Å². The van der Waals surface area contributed by atoms with Crippen molar-refractivity contribution in [2.75, 3.05) is 7.11 Å². The van der Waals surface area contributed by atoms with Crippen molar-refractivity contribution in [2.45, 2.75) is 6.42 Å². The van der Waals surface area contributed by atoms with Crippen molar-refractivity contribution in [3.63, 3.8) is 0 Å². The summed E-state index contributed by atoms with van der Waals surface area (Å²) in [6.07, 6.45) is 0.871. The van der Waals surface area contributed by atoms with E-state index in [9.17, 15) is 5.11 Å². The van der Waals surface area contributed by atoms with E-state index >= 15 is 0 Å². The standard InChI is InChI=1S/C18H16O2/c1-20-18-10-9-17(19)15-8-7-14(12-16(15)18)11-13-5-3-2-4-6-13/h2-10,12,19H,11H2,1H3. The third-order valence-corrected chi connectivity index (χ3v) is 3.49. The Balaban J connectivity index is 2.06. The quantitative estimate of drug-likeness (QED) is 0.770. The second kappa shape index (κ2) is 5.25. The third-order valence-electron chi connectivity index (χ3n) is 3.49. The lowest BCUT2D eigenvalue weighted by Gasteiger charge is -2.09. The topological polar surface area (TPSA) is 29.5 Å². The number of hydrogen-bond donors (Lipinski definition) is 1. The first-order valence-electron chi connectivity index (χ1n) is 6.60. The summed E-state index contributed by atoms with van der Waals surface area (Å²) in [5.41, 5.74) is 2.47. The average molecular weight is 264 g/mol. The summed E-state index contributed by atoms with van der Waals surface area (Å²) in [6.45, 7) is 0. The molecule has 0 spiro atoms. The second-order valence-electron chi connectivity index (χ2n) is 4.83. The Morgan fingerprint density at radius 1 is 0.850 bits per heavy atom. The minimum absolute atomic E-state index is 0.284. The number of fused-ring (bicyclic) bond motifs is 1. The molecule has 0 saturated carbocycles. The van der Waals surface area contributed by atoms with Crippen molar-refractivity contribution >= 4 is 10.8 Å². The largest absolute Gasteiger partial charge is 0.507 e. The first kappa shape index (κ1) is 12.5. The molecule has 3 rings (SSSR count). The van der Waals surface area contributed by atoms with Crippen molar-refractivity contribution in [3.05, 3.63) is 71.8 Å². The van der Waals surface area contributed by atoms with E-state index in [2.05, 4.69) is 24.3 Å². The van der Waals surface area contributed by atoms with E-state index in [0.29, 0.717) is 0 Å². The predicted molar refractivity (Wildman–Crippen MR) is 81.4 cm³/mol. The number of benzene rings is 3. The number of rotatable bonds is 3. The van der Waals surface area contributed by atoms with E-state index in [0.717, 1.165) is 22.9 Å². The van der Waals surface area contributed by atoms with Gasteiger partial charge in [0.25, 0.3) is 0 Å². The Hall–Kier alpha value is -2.48. The number of methoxy groups -OCH3 is 1. The fourth-order valence-corrected chi connectivity index (χ4v) is 2.47. The molecule has 3 aromatic rings. The van der Waals surface area contributed by atoms with Crippen molar-refractivity contribution in [1.29, 1.82) is 0 Å². The maximum atomic E-state index is 9.92. The van der Waals surface area contributed by atoms with Crippen molar-refractivity contribution in [1.82, 2.24) is 0 Å². The highest BCUT2D eigenvalue weighted by Gasteiger charge is 2.07. The number of ether oxygens (including phenoxy) is 1. The van der Waals surface area contributed by atoms with Gasteiger partial charge in [0.15, 0.2) is 0 Å². The van der Waals surface area contributed by atoms with Crippen LogP contribution in [0.25, 0.3) is 10.8 Å². The molecule has 1 N–H and O–H groups in total. The van der Waals surface area contributed by atoms with Crippen LogP contribution in [0.15, 0.2) is 60.7 Å². The summed E-state index contributed by atoms with van der Waals surface area (Å²) in [7, 11) is 1.65. The van der Waals surface area contributed by atoms with Crippen molar-refractivity contribution < 1.29 is 9.84 Å². The maximum Gasteiger partial charge on any atom is 0.126 e. The van der Waals surface area contributed by atoms with Gasteiger partial charge in [-0.3, -0.25) is 0 Å². The summed E-state index contributed by atoms with van der Waals surface area (Å²) < 4.78 is 5.38. The number of phenols is 1. The molecule has 0 saturated heterocycles. The Morgan fingerprint density at radius 3 is 2.40 bits per heavy atom. The maximum absolute atomic E-state index is 9.92. The first-order chi connectivity index (χ1) is 9.78. The number of hydrogen-bond acceptors (Lipinski definition) is 2. The molecular formula is C18H16O2. The number of aromatic hydroxyl groups is 1. The van der Waals surface area contributed by atoms with Gasteiger partial charge < -0.3 is 9.84 Å². The van der Waals surface area contributed by atoms with Crippen LogP contribution in [0, 0.1) is 0 Å². The molecule has 3 aromatic carbocycles. The van der Waals surface area contributed by atoms with Gasteiger partial charge in [-0.2, -0.15) is 0 Å². The minimum atomic E-state index is 0.284. The van der Waals surface area contributed by atoms with Gasteiger partial charge in [-0.1, -0.05) is 42.5 Å². The van der Waals surface area contributed by atoms with Crippen LogP contribution in [0.3, 0.4) is 0 Å². The lowest BCUT2D eigenvalue weighted by molar-refractivity contribution is 0.418. The third kappa shape index (κ3) is 2.32. The lowest BCUT2D eigenvalue weighted by Crippen LogP contribution is -1.90. The molecule has 20 heavy (non-hydrogen) atoms. The molecular weight excluding hydrogens is 248 g/mol. The van der Waals surface area contributed by atoms with E-state index < -0.39 is 0 Å². The average Bonchev–Trinajstić information content (AvgIpc) is 2.49. The number of phenolic OH excluding ortho intramolecular Hbond substituents is 1. The predicted octanol–water partition coefficient (Wildman–Crippen LogP) is 4.14. The van der Waals surface area contributed by atoms with Crippen molar-refractivity contribution in [3.8, 4) is 11.5 Å². The molecule has 0 heterocycles. The highest BCUT2D eigenvalue weighted by Crippen LogP contribution is 2.33. The highest BCUT2D eigenvalue weighted by atomic mass is 16.5. The molecule has 2 nitrogen and oxygen atoms in total. The molecule has 0 fully saturated rings. The molecule has 100 valence electrons. The Morgan fingerprint density at radius 2 is 1.65 bits per heavy atom. The fraction of sp³-hybridized carbons (Fsp3) is 0.111. The molecule has 0 unspecified atom stereocenters. The van der Waals surface area contributed by atoms with Crippen molar-refractivity contribution in [2.24, 2.45) is 0 Å². The van der Waals surface area contributed by atoms with Crippen LogP contribution in [0.1, 0.15) is 11.1 Å². The molecule has 0 aliphatic carbocycles. The van der Waals surface area contributed by atoms with Gasteiger partial charge in [0.2, 0.25) is 0 Å². The first-order valence-corrected chi connectivity index (χ1v) is 6.60. The van der Waals surface area contributed by atoms with E-state index in [4.69, 9.17) is 4.74 Å². The van der Waals surface area contributed by atoms with E-state index in [-0.39, 0.29) is 5.75 Å². The van der Waals surface area contributed by atoms with Crippen LogP contribution < -0.4 is 4.74 Å². The normalized spacial score (nSPS) is 10.7. The van der Waals surface area contributed by atoms with Crippen LogP contribution in [0.2, 0.25) is 0 Å². The summed E-state index contributed by atoms with van der Waals surface area (Å²) in [5.74, 6) is 1.07. The van der Waals surface area contributed by atoms with E-state index in [1.54, 1.807) is 19.2 Å². The van der Waals surface area contributed by atoms with Crippen LogP contribution in [0.5, 0.6) is 11.5 Å². The zero-order chi connectivity index (χ0) is 13.9. The van der Waals surface area contributed by atoms with E-state index in [1.165, 1.54) is 11.1 Å². The van der Waals surface area contributed by atoms with Gasteiger partial charge in [0.05, 0.1) is 7.11 Å². The fourth-order valence-electron chi connectivity index (χ4n) is 2.47. The Kier molecular flexibility index (Phi) is 3.30. The molecule has 0 radical (unpaired) electrons. The summed E-state index contributed by atoms with van der Waals surface area (Å²) in [6, 6.07) is 19.9. The van der Waals surface area contributed by atoms with Gasteiger partial charge >= 0.3 is 0 Å². The summed E-state index contributed by atoms with van der Waals surface area (Å²) >= 11 is 0. The Labute approximate surface area is 118 Å². The van der Waals surface area contributed by atoms with Crippen LogP contribution in [-0.2, 0) is 6.42 Å². The molecule has 0 bridgehead atoms. The van der Waals surface area contributed by atoms with Gasteiger partial charge in [0.1, 0.15) is 11.5 Å². The smallest absolute Gasteiger partial charge is 0.126 e.